The SMILES string of the molecule is F[n+]1cccc2ccccc21. The molecule has 1 heterocycles. The zero-order valence-electron chi connectivity index (χ0n) is 5.87. The zero-order chi connectivity index (χ0) is 7.68. The van der Waals surface area contributed by atoms with E-state index in [1.807, 2.05) is 24.3 Å². The number of hydrogen-bond donors (Lipinski definition) is 0. The molecule has 2 aromatic rings. The van der Waals surface area contributed by atoms with Gasteiger partial charge in [0.1, 0.15) is 0 Å². The van der Waals surface area contributed by atoms with Crippen molar-refractivity contribution in [2.24, 2.45) is 0 Å². The molecule has 0 bridgehead atoms. The Hall–Kier alpha value is -1.44. The Kier molecular flexibility index (Phi) is 1.32. The molecular formula is C9H7FN+. The van der Waals surface area contributed by atoms with Gasteiger partial charge in [-0.1, -0.05) is 12.1 Å². The van der Waals surface area contributed by atoms with Crippen LogP contribution < -0.4 is 4.79 Å². The van der Waals surface area contributed by atoms with E-state index in [0.717, 1.165) is 5.39 Å². The van der Waals surface area contributed by atoms with Gasteiger partial charge in [-0.15, -0.1) is 0 Å². The number of nitrogens with zero attached hydrogens (tertiary/aromatic N) is 1. The molecule has 0 N–H and O–H groups in total. The highest BCUT2D eigenvalue weighted by Crippen LogP contribution is 2.07. The van der Waals surface area contributed by atoms with Gasteiger partial charge in [-0.3, -0.25) is 0 Å². The maximum absolute atomic E-state index is 12.9. The summed E-state index contributed by atoms with van der Waals surface area (Å²) in [6.45, 7) is 0. The Bertz CT molecular complexity index is 379. The Balaban J connectivity index is 2.91. The molecule has 0 radical (unpaired) electrons. The Morgan fingerprint density at radius 3 is 2.55 bits per heavy atom. The average Bonchev–Trinajstić information content (AvgIpc) is 2.06. The molecule has 1 nitrogen and oxygen atoms in total. The molecule has 0 aliphatic carbocycles. The van der Waals surface area contributed by atoms with Crippen LogP contribution in [0, 0.1) is 0 Å². The van der Waals surface area contributed by atoms with E-state index in [1.54, 1.807) is 12.1 Å². The summed E-state index contributed by atoms with van der Waals surface area (Å²) in [5, 5.41) is 0.914. The molecule has 0 saturated carbocycles. The Morgan fingerprint density at radius 2 is 1.73 bits per heavy atom. The van der Waals surface area contributed by atoms with E-state index >= 15 is 0 Å². The lowest BCUT2D eigenvalue weighted by atomic mass is 10.2. The first-order valence-corrected chi connectivity index (χ1v) is 3.43. The number of rotatable bonds is 0. The van der Waals surface area contributed by atoms with Gasteiger partial charge in [0.25, 0.3) is 5.52 Å². The van der Waals surface area contributed by atoms with Gasteiger partial charge >= 0.3 is 0 Å². The van der Waals surface area contributed by atoms with Crippen LogP contribution in [0.1, 0.15) is 0 Å². The van der Waals surface area contributed by atoms with Gasteiger partial charge in [0.05, 0.1) is 9.87 Å². The van der Waals surface area contributed by atoms with E-state index < -0.39 is 0 Å². The lowest BCUT2D eigenvalue weighted by molar-refractivity contribution is -0.822. The number of benzene rings is 1. The standard InChI is InChI=1S/C9H7FN/c10-11-7-3-5-8-4-1-2-6-9(8)11/h1-7H/q+1. The summed E-state index contributed by atoms with van der Waals surface area (Å²) in [6.07, 6.45) is 1.39. The van der Waals surface area contributed by atoms with E-state index in [2.05, 4.69) is 0 Å². The molecule has 11 heavy (non-hydrogen) atoms. The molecule has 0 unspecified atom stereocenters. The molecule has 0 amide bonds. The molecule has 0 fully saturated rings. The van der Waals surface area contributed by atoms with Crippen molar-refractivity contribution in [2.75, 3.05) is 0 Å². The third kappa shape index (κ3) is 0.963. The number of halogens is 1. The second-order valence-corrected chi connectivity index (χ2v) is 2.38. The predicted octanol–water partition coefficient (Wildman–Crippen LogP) is 1.86. The molecule has 2 rings (SSSR count). The molecule has 0 aliphatic rings. The van der Waals surface area contributed by atoms with Crippen LogP contribution in [-0.2, 0) is 0 Å². The van der Waals surface area contributed by atoms with E-state index in [4.69, 9.17) is 0 Å². The van der Waals surface area contributed by atoms with Gasteiger partial charge in [-0.2, -0.15) is 0 Å². The van der Waals surface area contributed by atoms with Crippen molar-refractivity contribution in [1.82, 2.24) is 0 Å². The minimum atomic E-state index is 0.606. The van der Waals surface area contributed by atoms with Crippen LogP contribution >= 0.6 is 0 Å². The van der Waals surface area contributed by atoms with E-state index in [0.29, 0.717) is 10.3 Å². The number of pyridine rings is 1. The van der Waals surface area contributed by atoms with E-state index in [1.165, 1.54) is 6.20 Å². The maximum atomic E-state index is 12.9. The molecule has 54 valence electrons. The molecule has 1 aromatic heterocycles. The lowest BCUT2D eigenvalue weighted by Gasteiger charge is -1.87. The fourth-order valence-electron chi connectivity index (χ4n) is 1.13. The quantitative estimate of drug-likeness (QED) is 0.537. The lowest BCUT2D eigenvalue weighted by Crippen LogP contribution is -2.21. The van der Waals surface area contributed by atoms with Gasteiger partial charge in [0.15, 0.2) is 0 Å². The number of fused-ring (bicyclic) bond motifs is 1. The smallest absolute Gasteiger partial charge is 0.0612 e. The van der Waals surface area contributed by atoms with E-state index in [-0.39, 0.29) is 0 Å². The highest BCUT2D eigenvalue weighted by atomic mass is 19.2. The molecule has 0 aliphatic heterocycles. The van der Waals surface area contributed by atoms with E-state index in [9.17, 15) is 4.48 Å². The minimum absolute atomic E-state index is 0.606. The minimum Gasteiger partial charge on any atom is -0.0612 e. The van der Waals surface area contributed by atoms with Crippen LogP contribution in [0.25, 0.3) is 10.9 Å². The predicted molar refractivity (Wildman–Crippen MR) is 40.6 cm³/mol. The maximum Gasteiger partial charge on any atom is 0.260 e. The molecule has 2 heteroatoms. The van der Waals surface area contributed by atoms with Crippen LogP contribution in [0.5, 0.6) is 0 Å². The summed E-state index contributed by atoms with van der Waals surface area (Å²) in [5.41, 5.74) is 0.606. The van der Waals surface area contributed by atoms with Gasteiger partial charge < -0.3 is 0 Å². The molecular weight excluding hydrogens is 141 g/mol. The topological polar surface area (TPSA) is 3.88 Å². The fraction of sp³-hybridized carbons (Fsp3) is 0. The Labute approximate surface area is 63.6 Å². The van der Waals surface area contributed by atoms with Gasteiger partial charge in [0.2, 0.25) is 6.20 Å². The van der Waals surface area contributed by atoms with Crippen molar-refractivity contribution in [2.45, 2.75) is 0 Å². The number of para-hydroxylation sites is 1. The second kappa shape index (κ2) is 2.31. The van der Waals surface area contributed by atoms with Crippen LogP contribution in [0.4, 0.5) is 4.48 Å². The van der Waals surface area contributed by atoms with Crippen LogP contribution in [0.2, 0.25) is 0 Å². The summed E-state index contributed by atoms with van der Waals surface area (Å²) >= 11 is 0. The van der Waals surface area contributed by atoms with Crippen molar-refractivity contribution in [3.8, 4) is 0 Å². The van der Waals surface area contributed by atoms with Gasteiger partial charge in [-0.05, 0) is 12.1 Å². The van der Waals surface area contributed by atoms with Crippen LogP contribution in [0.3, 0.4) is 0 Å². The molecule has 0 spiro atoms. The van der Waals surface area contributed by atoms with Crippen molar-refractivity contribution >= 4 is 10.9 Å². The molecule has 0 atom stereocenters. The highest BCUT2D eigenvalue weighted by Gasteiger charge is 2.04. The van der Waals surface area contributed by atoms with Crippen LogP contribution in [0.15, 0.2) is 42.6 Å². The molecule has 0 saturated heterocycles. The van der Waals surface area contributed by atoms with Gasteiger partial charge in [0, 0.05) is 16.9 Å². The molecule has 1 aromatic carbocycles. The summed E-state index contributed by atoms with van der Waals surface area (Å²) in [7, 11) is 0. The third-order valence-corrected chi connectivity index (χ3v) is 1.66. The van der Waals surface area contributed by atoms with Crippen molar-refractivity contribution in [3.05, 3.63) is 42.6 Å². The summed E-state index contributed by atoms with van der Waals surface area (Å²) in [6, 6.07) is 10.9. The van der Waals surface area contributed by atoms with Crippen molar-refractivity contribution in [3.63, 3.8) is 0 Å². The highest BCUT2D eigenvalue weighted by molar-refractivity contribution is 5.74. The number of hydrogen-bond acceptors (Lipinski definition) is 0. The van der Waals surface area contributed by atoms with Crippen LogP contribution in [-0.4, -0.2) is 0 Å². The average molecular weight is 148 g/mol. The zero-order valence-corrected chi connectivity index (χ0v) is 5.87. The van der Waals surface area contributed by atoms with Crippen molar-refractivity contribution < 1.29 is 9.27 Å². The van der Waals surface area contributed by atoms with Gasteiger partial charge in [-0.25, -0.2) is 0 Å². The fourth-order valence-corrected chi connectivity index (χ4v) is 1.13. The Morgan fingerprint density at radius 1 is 1.00 bits per heavy atom. The largest absolute Gasteiger partial charge is 0.260 e. The first-order chi connectivity index (χ1) is 5.38. The van der Waals surface area contributed by atoms with Crippen molar-refractivity contribution in [1.29, 1.82) is 0 Å². The summed E-state index contributed by atoms with van der Waals surface area (Å²) < 4.78 is 12.9. The number of aromatic nitrogens is 1. The normalized spacial score (nSPS) is 10.3. The first kappa shape index (κ1) is 6.28. The third-order valence-electron chi connectivity index (χ3n) is 1.66. The monoisotopic (exact) mass is 148 g/mol. The summed E-state index contributed by atoms with van der Waals surface area (Å²) in [4.78, 5) is 0.620. The summed E-state index contributed by atoms with van der Waals surface area (Å²) in [5.74, 6) is 0. The second-order valence-electron chi connectivity index (χ2n) is 2.38. The first-order valence-electron chi connectivity index (χ1n) is 3.43.